The van der Waals surface area contributed by atoms with E-state index in [1.165, 1.54) is 83.1 Å². The third-order valence-electron chi connectivity index (χ3n) is 9.87. The Bertz CT molecular complexity index is 2510. The number of esters is 7. The number of ether oxygens (including phenoxy) is 8. The summed E-state index contributed by atoms with van der Waals surface area (Å²) >= 11 is 0. The van der Waals surface area contributed by atoms with E-state index in [9.17, 15) is 62.3 Å². The Hall–Kier alpha value is -7.87. The summed E-state index contributed by atoms with van der Waals surface area (Å²) in [6.07, 6.45) is -6.45. The minimum atomic E-state index is -1.90. The van der Waals surface area contributed by atoms with Gasteiger partial charge >= 0.3 is 47.9 Å². The van der Waals surface area contributed by atoms with Crippen molar-refractivity contribution in [2.75, 3.05) is 7.11 Å². The van der Waals surface area contributed by atoms with Gasteiger partial charge in [0.2, 0.25) is 29.5 Å². The number of alkyl carbamates (subject to hydrolysis) is 1. The molecule has 1 rings (SSSR count). The molecule has 0 aromatic heterocycles. The van der Waals surface area contributed by atoms with Gasteiger partial charge in [0, 0.05) is 0 Å². The summed E-state index contributed by atoms with van der Waals surface area (Å²) in [5.41, 5.74) is -6.35. The first-order chi connectivity index (χ1) is 38.1. The van der Waals surface area contributed by atoms with Crippen LogP contribution in [0, 0.1) is 0 Å². The standard InChI is InChI=1S/C57H88N6O21/c1-52(2,3)79-45(70)33(59-41(66)27-35(47(72)81-54(7,8)9)61-43(68)29-37(49(74)83-56(13,14)15)63-51(76)78-31-32-23-21-20-22-24-32)25-39(64)58-34(46(71)80-53(4,5)6)26-40(65)60-36(48(73)82-55(10,11)12)28-42(67)62-38(30-44(69)77-19)50(75)84-57(16,17)18/h20-24,33-38H,25-31H2,1-19H3,(H,58,64)(H,59,66)(H,60,65)(H,61,68)(H,62,67)(H,63,76)/t33-,34-,35-,36-,37-,38-/m0/s1. The zero-order chi connectivity index (χ0) is 64.9. The van der Waals surface area contributed by atoms with Crippen LogP contribution in [0.3, 0.4) is 0 Å². The van der Waals surface area contributed by atoms with Gasteiger partial charge in [0.1, 0.15) is 76.5 Å². The minimum Gasteiger partial charge on any atom is -0.469 e. The highest BCUT2D eigenvalue weighted by atomic mass is 16.6. The number of hydrogen-bond acceptors (Lipinski definition) is 21. The molecule has 84 heavy (non-hydrogen) atoms. The fourth-order valence-corrected chi connectivity index (χ4v) is 6.75. The van der Waals surface area contributed by atoms with E-state index in [1.807, 2.05) is 0 Å². The molecule has 27 nitrogen and oxygen atoms in total. The molecule has 0 saturated carbocycles. The molecule has 0 radical (unpaired) electrons. The van der Waals surface area contributed by atoms with Crippen molar-refractivity contribution in [3.05, 3.63) is 35.9 Å². The van der Waals surface area contributed by atoms with Crippen LogP contribution in [0.25, 0.3) is 0 Å². The molecule has 1 aromatic rings. The van der Waals surface area contributed by atoms with Crippen molar-refractivity contribution in [3.63, 3.8) is 0 Å². The van der Waals surface area contributed by atoms with E-state index in [4.69, 9.17) is 33.2 Å². The van der Waals surface area contributed by atoms with Crippen molar-refractivity contribution in [2.45, 2.75) is 240 Å². The fraction of sp³-hybridized carbons (Fsp3) is 0.667. The van der Waals surface area contributed by atoms with Crippen molar-refractivity contribution < 1.29 is 100 Å². The molecule has 6 N–H and O–H groups in total. The average Bonchev–Trinajstić information content (AvgIpc) is 3.49. The largest absolute Gasteiger partial charge is 0.469 e. The van der Waals surface area contributed by atoms with Crippen LogP contribution < -0.4 is 31.9 Å². The van der Waals surface area contributed by atoms with Crippen LogP contribution >= 0.6 is 0 Å². The van der Waals surface area contributed by atoms with Gasteiger partial charge in [0.05, 0.1) is 45.6 Å². The van der Waals surface area contributed by atoms with E-state index < -0.39 is 186 Å². The maximum Gasteiger partial charge on any atom is 0.408 e. The number of nitrogens with one attached hydrogen (secondary N) is 6. The number of hydrogen-bond donors (Lipinski definition) is 6. The second kappa shape index (κ2) is 31.7. The van der Waals surface area contributed by atoms with Crippen molar-refractivity contribution in [2.24, 2.45) is 0 Å². The van der Waals surface area contributed by atoms with Crippen LogP contribution in [0.5, 0.6) is 0 Å². The van der Waals surface area contributed by atoms with E-state index in [0.717, 1.165) is 7.11 Å². The van der Waals surface area contributed by atoms with Gasteiger partial charge in [0.25, 0.3) is 0 Å². The molecule has 0 bridgehead atoms. The molecule has 27 heteroatoms. The Morgan fingerprint density at radius 3 is 0.762 bits per heavy atom. The maximum atomic E-state index is 14.0. The van der Waals surface area contributed by atoms with Crippen LogP contribution in [0.4, 0.5) is 4.79 Å². The Labute approximate surface area is 490 Å². The Balaban J connectivity index is 3.61. The van der Waals surface area contributed by atoms with Gasteiger partial charge in [-0.3, -0.25) is 28.8 Å². The van der Waals surface area contributed by atoms with Crippen molar-refractivity contribution in [1.29, 1.82) is 0 Å². The Morgan fingerprint density at radius 1 is 0.333 bits per heavy atom. The third-order valence-corrected chi connectivity index (χ3v) is 9.87. The lowest BCUT2D eigenvalue weighted by atomic mass is 10.1. The highest BCUT2D eigenvalue weighted by Gasteiger charge is 2.39. The first-order valence-electron chi connectivity index (χ1n) is 27.0. The third kappa shape index (κ3) is 33.3. The lowest BCUT2D eigenvalue weighted by Crippen LogP contribution is -2.54. The smallest absolute Gasteiger partial charge is 0.408 e. The van der Waals surface area contributed by atoms with E-state index >= 15 is 0 Å². The number of carbonyl (C=O) groups is 13. The molecular weight excluding hydrogens is 1100 g/mol. The topological polar surface area (TPSA) is 368 Å². The lowest BCUT2D eigenvalue weighted by molar-refractivity contribution is -0.162. The molecule has 6 amide bonds. The Morgan fingerprint density at radius 2 is 0.548 bits per heavy atom. The van der Waals surface area contributed by atoms with Crippen LogP contribution in [-0.4, -0.2) is 154 Å². The summed E-state index contributed by atoms with van der Waals surface area (Å²) in [4.78, 5) is 175. The SMILES string of the molecule is COC(=O)C[C@H](NC(=O)C[C@H](NC(=O)C[C@H](NC(=O)C[C@H](NC(=O)C[C@H](NC(=O)C[C@H](NC(=O)OCc1ccccc1)C(=O)OC(C)(C)C)C(=O)OC(C)(C)C)C(=O)OC(C)(C)C)C(=O)OC(C)(C)C)C(=O)OC(C)(C)C)C(=O)OC(C)(C)C. The van der Waals surface area contributed by atoms with E-state index in [1.54, 1.807) is 71.9 Å². The fourth-order valence-electron chi connectivity index (χ4n) is 6.75. The van der Waals surface area contributed by atoms with E-state index in [0.29, 0.717) is 5.56 Å². The molecule has 1 aromatic carbocycles. The molecule has 0 fully saturated rings. The molecule has 472 valence electrons. The van der Waals surface area contributed by atoms with E-state index in [-0.39, 0.29) is 6.61 Å². The van der Waals surface area contributed by atoms with Gasteiger partial charge in [-0.25, -0.2) is 33.6 Å². The van der Waals surface area contributed by atoms with E-state index in [2.05, 4.69) is 36.6 Å². The van der Waals surface area contributed by atoms with Crippen molar-refractivity contribution in [3.8, 4) is 0 Å². The molecule has 0 unspecified atom stereocenters. The maximum absolute atomic E-state index is 14.0. The highest BCUT2D eigenvalue weighted by molar-refractivity contribution is 5.97. The number of amides is 6. The summed E-state index contributed by atoms with van der Waals surface area (Å²) in [6, 6.07) is -2.20. The molecule has 0 aliphatic rings. The lowest BCUT2D eigenvalue weighted by Gasteiger charge is -2.28. The summed E-state index contributed by atoms with van der Waals surface area (Å²) in [5, 5.41) is 13.9. The van der Waals surface area contributed by atoms with Crippen LogP contribution in [-0.2, 0) is 102 Å². The van der Waals surface area contributed by atoms with Gasteiger partial charge in [-0.05, 0) is 130 Å². The van der Waals surface area contributed by atoms with Gasteiger partial charge in [-0.2, -0.15) is 0 Å². The van der Waals surface area contributed by atoms with Gasteiger partial charge in [-0.15, -0.1) is 0 Å². The number of carbonyl (C=O) groups excluding carboxylic acids is 13. The monoisotopic (exact) mass is 1190 g/mol. The Kier molecular flexibility index (Phi) is 28.0. The molecule has 0 heterocycles. The first kappa shape index (κ1) is 74.1. The second-order valence-electron chi connectivity index (χ2n) is 25.4. The summed E-state index contributed by atoms with van der Waals surface area (Å²) in [7, 11) is 1.05. The predicted octanol–water partition coefficient (Wildman–Crippen LogP) is 3.27. The van der Waals surface area contributed by atoms with Crippen LogP contribution in [0.1, 0.15) is 169 Å². The normalized spacial score (nSPS) is 14.1. The van der Waals surface area contributed by atoms with Gasteiger partial charge < -0.3 is 69.8 Å². The zero-order valence-corrected chi connectivity index (χ0v) is 51.9. The predicted molar refractivity (Wildman–Crippen MR) is 298 cm³/mol. The number of methoxy groups -OCH3 is 1. The van der Waals surface area contributed by atoms with Crippen molar-refractivity contribution >= 4 is 77.4 Å². The molecule has 6 atom stereocenters. The molecule has 0 spiro atoms. The summed E-state index contributed by atoms with van der Waals surface area (Å²) in [5.74, 6) is -13.2. The summed E-state index contributed by atoms with van der Waals surface area (Å²) < 4.78 is 42.6. The minimum absolute atomic E-state index is 0.199. The molecule has 0 aliphatic carbocycles. The summed E-state index contributed by atoms with van der Waals surface area (Å²) in [6.45, 7) is 26.9. The number of benzene rings is 1. The highest BCUT2D eigenvalue weighted by Crippen LogP contribution is 2.18. The molecular formula is C57H88N6O21. The average molecular weight is 1190 g/mol. The van der Waals surface area contributed by atoms with Crippen LogP contribution in [0.15, 0.2) is 30.3 Å². The number of rotatable bonds is 26. The van der Waals surface area contributed by atoms with Gasteiger partial charge in [0.15, 0.2) is 0 Å². The van der Waals surface area contributed by atoms with Crippen molar-refractivity contribution in [1.82, 2.24) is 31.9 Å². The molecule has 0 saturated heterocycles. The van der Waals surface area contributed by atoms with Crippen LogP contribution in [0.2, 0.25) is 0 Å². The van der Waals surface area contributed by atoms with Gasteiger partial charge in [-0.1, -0.05) is 30.3 Å². The quantitative estimate of drug-likeness (QED) is 0.0572. The first-order valence-corrected chi connectivity index (χ1v) is 27.0. The molecule has 0 aliphatic heterocycles. The second-order valence-corrected chi connectivity index (χ2v) is 25.4. The zero-order valence-electron chi connectivity index (χ0n) is 51.9.